The Morgan fingerprint density at radius 1 is 1.57 bits per heavy atom. The molecule has 1 aromatic rings. The second kappa shape index (κ2) is 8.29. The van der Waals surface area contributed by atoms with Gasteiger partial charge in [0.25, 0.3) is 0 Å². The van der Waals surface area contributed by atoms with E-state index >= 15 is 0 Å². The molecule has 1 amide bonds. The lowest BCUT2D eigenvalue weighted by molar-refractivity contribution is -0.122. The predicted molar refractivity (Wildman–Crippen MR) is 87.9 cm³/mol. The van der Waals surface area contributed by atoms with E-state index in [0.717, 1.165) is 29.4 Å². The van der Waals surface area contributed by atoms with Crippen LogP contribution < -0.4 is 15.4 Å². The van der Waals surface area contributed by atoms with Crippen molar-refractivity contribution >= 4 is 17.7 Å². The molecule has 0 aromatic heterocycles. The number of hydrogen-bond donors (Lipinski definition) is 2. The highest BCUT2D eigenvalue weighted by atomic mass is 32.2. The summed E-state index contributed by atoms with van der Waals surface area (Å²) in [6.07, 6.45) is 0.544. The highest BCUT2D eigenvalue weighted by molar-refractivity contribution is 7.99. The molecule has 2 atom stereocenters. The lowest BCUT2D eigenvalue weighted by Crippen LogP contribution is -2.41. The molecule has 1 fully saturated rings. The number of amides is 1. The Kier molecular flexibility index (Phi) is 6.39. The number of carbonyl (C=O) groups is 1. The second-order valence-electron chi connectivity index (χ2n) is 5.22. The van der Waals surface area contributed by atoms with Gasteiger partial charge in [0.05, 0.1) is 12.6 Å². The van der Waals surface area contributed by atoms with E-state index in [0.29, 0.717) is 19.1 Å². The van der Waals surface area contributed by atoms with E-state index in [-0.39, 0.29) is 11.9 Å². The van der Waals surface area contributed by atoms with Gasteiger partial charge in [-0.25, -0.2) is 0 Å². The summed E-state index contributed by atoms with van der Waals surface area (Å²) in [6.45, 7) is 5.61. The average Bonchev–Trinajstić information content (AvgIpc) is 2.48. The quantitative estimate of drug-likeness (QED) is 0.847. The Balaban J connectivity index is 1.86. The van der Waals surface area contributed by atoms with Gasteiger partial charge in [-0.05, 0) is 31.5 Å². The number of ether oxygens (including phenoxy) is 1. The number of nitrogens with one attached hydrogen (secondary N) is 2. The molecule has 2 rings (SSSR count). The standard InChI is InChI=1S/C16H24N2O2S/c1-3-20-15-6-4-5-13(9-15)12(2)18-16(19)10-14-11-21-8-7-17-14/h4-6,9,12,14,17H,3,7-8,10-11H2,1-2H3,(H,18,19). The molecule has 1 saturated heterocycles. The van der Waals surface area contributed by atoms with E-state index in [1.54, 1.807) is 0 Å². The first-order valence-electron chi connectivity index (χ1n) is 7.52. The SMILES string of the molecule is CCOc1cccc(C(C)NC(=O)CC2CSCCN2)c1. The van der Waals surface area contributed by atoms with Gasteiger partial charge in [-0.2, -0.15) is 11.8 Å². The third-order valence-electron chi connectivity index (χ3n) is 3.48. The van der Waals surface area contributed by atoms with Gasteiger partial charge in [0.1, 0.15) is 5.75 Å². The predicted octanol–water partition coefficient (Wildman–Crippen LogP) is 2.36. The molecule has 0 aliphatic carbocycles. The van der Waals surface area contributed by atoms with Gasteiger partial charge in [-0.15, -0.1) is 0 Å². The van der Waals surface area contributed by atoms with Crippen LogP contribution in [0.5, 0.6) is 5.75 Å². The van der Waals surface area contributed by atoms with E-state index < -0.39 is 0 Å². The molecule has 2 N–H and O–H groups in total. The molecule has 0 saturated carbocycles. The monoisotopic (exact) mass is 308 g/mol. The summed E-state index contributed by atoms with van der Waals surface area (Å²) in [5.74, 6) is 3.10. The normalized spacial score (nSPS) is 19.8. The molecule has 1 aliphatic rings. The molecular weight excluding hydrogens is 284 g/mol. The smallest absolute Gasteiger partial charge is 0.222 e. The van der Waals surface area contributed by atoms with E-state index in [1.807, 2.05) is 49.9 Å². The molecule has 0 bridgehead atoms. The van der Waals surface area contributed by atoms with Crippen molar-refractivity contribution in [3.8, 4) is 5.75 Å². The van der Waals surface area contributed by atoms with Gasteiger partial charge in [0.15, 0.2) is 0 Å². The first kappa shape index (κ1) is 16.2. The minimum atomic E-state index is -0.00542. The van der Waals surface area contributed by atoms with E-state index in [1.165, 1.54) is 0 Å². The fraction of sp³-hybridized carbons (Fsp3) is 0.562. The van der Waals surface area contributed by atoms with Crippen molar-refractivity contribution in [2.45, 2.75) is 32.4 Å². The van der Waals surface area contributed by atoms with Crippen LogP contribution in [-0.4, -0.2) is 36.6 Å². The average molecular weight is 308 g/mol. The fourth-order valence-corrected chi connectivity index (χ4v) is 3.35. The van der Waals surface area contributed by atoms with E-state index in [9.17, 15) is 4.79 Å². The molecule has 1 aromatic carbocycles. The summed E-state index contributed by atoms with van der Waals surface area (Å²) < 4.78 is 5.50. The van der Waals surface area contributed by atoms with Crippen molar-refractivity contribution in [1.82, 2.24) is 10.6 Å². The van der Waals surface area contributed by atoms with Crippen LogP contribution in [0, 0.1) is 0 Å². The molecule has 0 radical (unpaired) electrons. The van der Waals surface area contributed by atoms with Crippen LogP contribution in [-0.2, 0) is 4.79 Å². The molecule has 4 nitrogen and oxygen atoms in total. The van der Waals surface area contributed by atoms with E-state index in [2.05, 4.69) is 10.6 Å². The van der Waals surface area contributed by atoms with Crippen LogP contribution in [0.2, 0.25) is 0 Å². The minimum absolute atomic E-state index is 0.00542. The first-order chi connectivity index (χ1) is 10.2. The number of rotatable bonds is 6. The second-order valence-corrected chi connectivity index (χ2v) is 6.37. The zero-order valence-corrected chi connectivity index (χ0v) is 13.5. The van der Waals surface area contributed by atoms with Crippen LogP contribution in [0.25, 0.3) is 0 Å². The van der Waals surface area contributed by atoms with Gasteiger partial charge in [0, 0.05) is 30.5 Å². The van der Waals surface area contributed by atoms with Gasteiger partial charge in [-0.3, -0.25) is 4.79 Å². The maximum atomic E-state index is 12.1. The fourth-order valence-electron chi connectivity index (χ4n) is 2.40. The zero-order valence-electron chi connectivity index (χ0n) is 12.7. The summed E-state index contributed by atoms with van der Waals surface area (Å²) in [5, 5.41) is 6.46. The molecule has 1 heterocycles. The van der Waals surface area contributed by atoms with Gasteiger partial charge >= 0.3 is 0 Å². The third-order valence-corrected chi connectivity index (χ3v) is 4.61. The van der Waals surface area contributed by atoms with Gasteiger partial charge < -0.3 is 15.4 Å². The molecule has 5 heteroatoms. The minimum Gasteiger partial charge on any atom is -0.494 e. The number of carbonyl (C=O) groups excluding carboxylic acids is 1. The van der Waals surface area contributed by atoms with Crippen LogP contribution in [0.3, 0.4) is 0 Å². The molecule has 2 unspecified atom stereocenters. The Bertz CT molecular complexity index is 461. The molecule has 116 valence electrons. The highest BCUT2D eigenvalue weighted by Gasteiger charge is 2.18. The van der Waals surface area contributed by atoms with Crippen molar-refractivity contribution in [3.05, 3.63) is 29.8 Å². The maximum Gasteiger partial charge on any atom is 0.222 e. The van der Waals surface area contributed by atoms with Crippen molar-refractivity contribution in [3.63, 3.8) is 0 Å². The topological polar surface area (TPSA) is 50.4 Å². The summed E-state index contributed by atoms with van der Waals surface area (Å²) in [6, 6.07) is 8.19. The van der Waals surface area contributed by atoms with Crippen molar-refractivity contribution in [1.29, 1.82) is 0 Å². The summed E-state index contributed by atoms with van der Waals surface area (Å²) >= 11 is 1.91. The number of thioether (sulfide) groups is 1. The van der Waals surface area contributed by atoms with Crippen LogP contribution >= 0.6 is 11.8 Å². The molecular formula is C16H24N2O2S. The molecule has 1 aliphatic heterocycles. The summed E-state index contributed by atoms with van der Waals surface area (Å²) in [4.78, 5) is 12.1. The van der Waals surface area contributed by atoms with Crippen molar-refractivity contribution in [2.75, 3.05) is 24.7 Å². The molecule has 0 spiro atoms. The van der Waals surface area contributed by atoms with E-state index in [4.69, 9.17) is 4.74 Å². The zero-order chi connectivity index (χ0) is 15.1. The van der Waals surface area contributed by atoms with Crippen LogP contribution in [0.4, 0.5) is 0 Å². The lowest BCUT2D eigenvalue weighted by Gasteiger charge is -2.23. The van der Waals surface area contributed by atoms with Crippen molar-refractivity contribution in [2.24, 2.45) is 0 Å². The summed E-state index contributed by atoms with van der Waals surface area (Å²) in [5.41, 5.74) is 1.07. The largest absolute Gasteiger partial charge is 0.494 e. The highest BCUT2D eigenvalue weighted by Crippen LogP contribution is 2.19. The van der Waals surface area contributed by atoms with Crippen molar-refractivity contribution < 1.29 is 9.53 Å². The number of hydrogen-bond acceptors (Lipinski definition) is 4. The Morgan fingerprint density at radius 3 is 3.14 bits per heavy atom. The third kappa shape index (κ3) is 5.25. The van der Waals surface area contributed by atoms with Gasteiger partial charge in [0.2, 0.25) is 5.91 Å². The number of benzene rings is 1. The van der Waals surface area contributed by atoms with Gasteiger partial charge in [-0.1, -0.05) is 12.1 Å². The summed E-state index contributed by atoms with van der Waals surface area (Å²) in [7, 11) is 0. The first-order valence-corrected chi connectivity index (χ1v) is 8.67. The lowest BCUT2D eigenvalue weighted by atomic mass is 10.1. The Labute approximate surface area is 131 Å². The Hall–Kier alpha value is -1.20. The van der Waals surface area contributed by atoms with Crippen LogP contribution in [0.1, 0.15) is 31.9 Å². The maximum absolute atomic E-state index is 12.1. The molecule has 21 heavy (non-hydrogen) atoms. The van der Waals surface area contributed by atoms with Crippen LogP contribution in [0.15, 0.2) is 24.3 Å². The Morgan fingerprint density at radius 2 is 2.43 bits per heavy atom.